The first-order chi connectivity index (χ1) is 7.24. The lowest BCUT2D eigenvalue weighted by Crippen LogP contribution is -2.13. The fourth-order valence-electron chi connectivity index (χ4n) is 1.92. The summed E-state index contributed by atoms with van der Waals surface area (Å²) in [4.78, 5) is 11.7. The van der Waals surface area contributed by atoms with Gasteiger partial charge in [0.1, 0.15) is 0 Å². The van der Waals surface area contributed by atoms with Crippen LogP contribution in [0.1, 0.15) is 24.3 Å². The molecule has 0 aromatic heterocycles. The summed E-state index contributed by atoms with van der Waals surface area (Å²) in [7, 11) is 0. The fourth-order valence-corrected chi connectivity index (χ4v) is 2.15. The normalized spacial score (nSPS) is 16.6. The molecule has 0 saturated heterocycles. The number of hydrogen-bond donors (Lipinski definition) is 2. The third kappa shape index (κ3) is 3.26. The van der Waals surface area contributed by atoms with Gasteiger partial charge in [-0.25, -0.2) is 0 Å². The highest BCUT2D eigenvalue weighted by Gasteiger charge is 2.30. The van der Waals surface area contributed by atoms with Crippen LogP contribution in [0.2, 0.25) is 5.02 Å². The molecule has 0 spiro atoms. The predicted molar refractivity (Wildman–Crippen MR) is 75.6 cm³/mol. The number of anilines is 1. The Bertz CT molecular complexity index is 398. The van der Waals surface area contributed by atoms with Gasteiger partial charge in [0, 0.05) is 0 Å². The van der Waals surface area contributed by atoms with Crippen LogP contribution in [0.4, 0.5) is 5.69 Å². The summed E-state index contributed by atoms with van der Waals surface area (Å²) in [5.41, 5.74) is 7.21. The first kappa shape index (κ1) is 16.5. The Morgan fingerprint density at radius 3 is 2.71 bits per heavy atom. The zero-order valence-corrected chi connectivity index (χ0v) is 11.5. The van der Waals surface area contributed by atoms with Crippen LogP contribution in [-0.4, -0.2) is 12.5 Å². The van der Waals surface area contributed by atoms with E-state index < -0.39 is 0 Å². The Morgan fingerprint density at radius 1 is 1.35 bits per heavy atom. The van der Waals surface area contributed by atoms with E-state index in [0.717, 1.165) is 24.1 Å². The minimum absolute atomic E-state index is 0. The van der Waals surface area contributed by atoms with Crippen LogP contribution >= 0.6 is 36.4 Å². The van der Waals surface area contributed by atoms with Gasteiger partial charge in [-0.2, -0.15) is 0 Å². The zero-order valence-electron chi connectivity index (χ0n) is 9.11. The zero-order chi connectivity index (χ0) is 10.8. The Balaban J connectivity index is 0.00000128. The van der Waals surface area contributed by atoms with Crippen molar-refractivity contribution in [3.05, 3.63) is 28.8 Å². The maximum absolute atomic E-state index is 11.7. The van der Waals surface area contributed by atoms with Gasteiger partial charge in [0.05, 0.1) is 16.6 Å². The van der Waals surface area contributed by atoms with E-state index >= 15 is 0 Å². The van der Waals surface area contributed by atoms with Crippen molar-refractivity contribution in [3.63, 3.8) is 0 Å². The van der Waals surface area contributed by atoms with E-state index in [1.54, 1.807) is 6.07 Å². The van der Waals surface area contributed by atoms with Crippen LogP contribution < -0.4 is 11.1 Å². The van der Waals surface area contributed by atoms with E-state index in [0.29, 0.717) is 11.6 Å². The molecule has 0 radical (unpaired) electrons. The van der Waals surface area contributed by atoms with E-state index in [9.17, 15) is 4.79 Å². The molecular formula is C11H15Cl3N2O. The van der Waals surface area contributed by atoms with Crippen LogP contribution in [0.15, 0.2) is 18.2 Å². The number of halogens is 3. The number of hydrogen-bond acceptors (Lipinski definition) is 2. The van der Waals surface area contributed by atoms with Crippen molar-refractivity contribution in [1.29, 1.82) is 0 Å². The SMILES string of the molecule is Cl.Cl.NCCCC1C(=O)Nc2c(Cl)cccc21. The molecule has 1 unspecified atom stereocenters. The number of benzene rings is 1. The van der Waals surface area contributed by atoms with Crippen molar-refractivity contribution in [2.24, 2.45) is 5.73 Å². The molecule has 1 aromatic rings. The molecule has 1 amide bonds. The molecule has 0 aliphatic carbocycles. The molecule has 1 heterocycles. The summed E-state index contributed by atoms with van der Waals surface area (Å²) in [6.07, 6.45) is 1.64. The lowest BCUT2D eigenvalue weighted by molar-refractivity contribution is -0.117. The summed E-state index contributed by atoms with van der Waals surface area (Å²) in [5, 5.41) is 3.42. The number of fused-ring (bicyclic) bond motifs is 1. The summed E-state index contributed by atoms with van der Waals surface area (Å²) >= 11 is 5.99. The van der Waals surface area contributed by atoms with Gasteiger partial charge in [0.2, 0.25) is 5.91 Å². The Kier molecular flexibility index (Phi) is 6.87. The predicted octanol–water partition coefficient (Wildman–Crippen LogP) is 2.96. The van der Waals surface area contributed by atoms with Gasteiger partial charge < -0.3 is 11.1 Å². The number of amides is 1. The third-order valence-corrected chi connectivity index (χ3v) is 3.00. The van der Waals surface area contributed by atoms with E-state index in [2.05, 4.69) is 5.32 Å². The molecule has 3 nitrogen and oxygen atoms in total. The van der Waals surface area contributed by atoms with Gasteiger partial charge in [-0.3, -0.25) is 4.79 Å². The van der Waals surface area contributed by atoms with Gasteiger partial charge >= 0.3 is 0 Å². The van der Waals surface area contributed by atoms with Gasteiger partial charge in [0.25, 0.3) is 0 Å². The van der Waals surface area contributed by atoms with E-state index in [-0.39, 0.29) is 36.6 Å². The van der Waals surface area contributed by atoms with Gasteiger partial charge in [-0.1, -0.05) is 23.7 Å². The molecule has 1 aromatic carbocycles. The van der Waals surface area contributed by atoms with Crippen LogP contribution in [0.25, 0.3) is 0 Å². The first-order valence-corrected chi connectivity index (χ1v) is 5.41. The van der Waals surface area contributed by atoms with Gasteiger partial charge in [-0.15, -0.1) is 24.8 Å². The molecule has 1 aliphatic heterocycles. The minimum Gasteiger partial charge on any atom is -0.330 e. The molecular weight excluding hydrogens is 282 g/mol. The lowest BCUT2D eigenvalue weighted by Gasteiger charge is -2.07. The summed E-state index contributed by atoms with van der Waals surface area (Å²) < 4.78 is 0. The van der Waals surface area contributed by atoms with Crippen LogP contribution in [-0.2, 0) is 4.79 Å². The third-order valence-electron chi connectivity index (χ3n) is 2.68. The fraction of sp³-hybridized carbons (Fsp3) is 0.364. The average molecular weight is 298 g/mol. The van der Waals surface area contributed by atoms with Crippen molar-refractivity contribution in [2.75, 3.05) is 11.9 Å². The average Bonchev–Trinajstić information content (AvgIpc) is 2.54. The van der Waals surface area contributed by atoms with Crippen molar-refractivity contribution >= 4 is 48.0 Å². The molecule has 6 heteroatoms. The van der Waals surface area contributed by atoms with E-state index in [1.165, 1.54) is 0 Å². The first-order valence-electron chi connectivity index (χ1n) is 5.03. The lowest BCUT2D eigenvalue weighted by atomic mass is 9.96. The van der Waals surface area contributed by atoms with Crippen LogP contribution in [0.3, 0.4) is 0 Å². The number of nitrogens with one attached hydrogen (secondary N) is 1. The monoisotopic (exact) mass is 296 g/mol. The molecule has 0 bridgehead atoms. The van der Waals surface area contributed by atoms with Crippen LogP contribution in [0.5, 0.6) is 0 Å². The summed E-state index contributed by atoms with van der Waals surface area (Å²) in [5.74, 6) is -0.0474. The highest BCUT2D eigenvalue weighted by Crippen LogP contribution is 2.39. The molecule has 0 fully saturated rings. The number of carbonyl (C=O) groups is 1. The topological polar surface area (TPSA) is 55.1 Å². The van der Waals surface area contributed by atoms with Crippen LogP contribution in [0, 0.1) is 0 Å². The Morgan fingerprint density at radius 2 is 2.06 bits per heavy atom. The second kappa shape index (κ2) is 7.07. The minimum atomic E-state index is -0.0813. The molecule has 17 heavy (non-hydrogen) atoms. The van der Waals surface area contributed by atoms with Gasteiger partial charge in [-0.05, 0) is 31.0 Å². The Labute approximate surface area is 118 Å². The summed E-state index contributed by atoms with van der Waals surface area (Å²) in [6, 6.07) is 5.60. The van der Waals surface area contributed by atoms with E-state index in [1.807, 2.05) is 12.1 Å². The standard InChI is InChI=1S/C11H13ClN2O.2ClH/c12-9-5-1-3-7-8(4-2-6-13)11(15)14-10(7)9;;/h1,3,5,8H,2,4,6,13H2,(H,14,15);2*1H. The summed E-state index contributed by atoms with van der Waals surface area (Å²) in [6.45, 7) is 0.611. The quantitative estimate of drug-likeness (QED) is 0.901. The van der Waals surface area contributed by atoms with Crippen molar-refractivity contribution in [1.82, 2.24) is 0 Å². The highest BCUT2D eigenvalue weighted by atomic mass is 35.5. The molecule has 96 valence electrons. The number of para-hydroxylation sites is 1. The number of rotatable bonds is 3. The second-order valence-corrected chi connectivity index (χ2v) is 4.08. The molecule has 1 atom stereocenters. The molecule has 1 aliphatic rings. The second-order valence-electron chi connectivity index (χ2n) is 3.68. The maximum Gasteiger partial charge on any atom is 0.232 e. The number of nitrogens with two attached hydrogens (primary N) is 1. The smallest absolute Gasteiger partial charge is 0.232 e. The Hall–Kier alpha value is -0.480. The van der Waals surface area contributed by atoms with Crippen molar-refractivity contribution in [2.45, 2.75) is 18.8 Å². The largest absolute Gasteiger partial charge is 0.330 e. The highest BCUT2D eigenvalue weighted by molar-refractivity contribution is 6.34. The molecule has 0 saturated carbocycles. The molecule has 3 N–H and O–H groups in total. The van der Waals surface area contributed by atoms with Gasteiger partial charge in [0.15, 0.2) is 0 Å². The van der Waals surface area contributed by atoms with E-state index in [4.69, 9.17) is 17.3 Å². The molecule has 2 rings (SSSR count). The number of carbonyl (C=O) groups excluding carboxylic acids is 1. The van der Waals surface area contributed by atoms with Crippen molar-refractivity contribution < 1.29 is 4.79 Å². The van der Waals surface area contributed by atoms with Crippen molar-refractivity contribution in [3.8, 4) is 0 Å². The maximum atomic E-state index is 11.7.